The zero-order chi connectivity index (χ0) is 14.9. The minimum absolute atomic E-state index is 0.123. The lowest BCUT2D eigenvalue weighted by molar-refractivity contribution is 0.262. The Bertz CT molecular complexity index is 468. The smallest absolute Gasteiger partial charge is 0.200 e. The van der Waals surface area contributed by atoms with Gasteiger partial charge in [0.05, 0.1) is 0 Å². The SMILES string of the molecule is CNC(c1c(F)c(F)c(F)c(F)c1F)C1CCCCC1. The molecule has 0 heterocycles. The number of hydrogen-bond acceptors (Lipinski definition) is 1. The lowest BCUT2D eigenvalue weighted by Crippen LogP contribution is -2.29. The maximum Gasteiger partial charge on any atom is 0.200 e. The predicted molar refractivity (Wildman–Crippen MR) is 64.6 cm³/mol. The van der Waals surface area contributed by atoms with E-state index in [1.54, 1.807) is 0 Å². The van der Waals surface area contributed by atoms with Crippen molar-refractivity contribution in [3.63, 3.8) is 0 Å². The van der Waals surface area contributed by atoms with Crippen molar-refractivity contribution in [2.24, 2.45) is 5.92 Å². The summed E-state index contributed by atoms with van der Waals surface area (Å²) in [6.07, 6.45) is 4.26. The molecule has 1 N–H and O–H groups in total. The quantitative estimate of drug-likeness (QED) is 0.500. The molecule has 20 heavy (non-hydrogen) atoms. The van der Waals surface area contributed by atoms with Crippen molar-refractivity contribution in [1.29, 1.82) is 0 Å². The highest BCUT2D eigenvalue weighted by Gasteiger charge is 2.34. The first-order valence-electron chi connectivity index (χ1n) is 6.67. The van der Waals surface area contributed by atoms with Crippen LogP contribution in [0.4, 0.5) is 22.0 Å². The Balaban J connectivity index is 2.48. The van der Waals surface area contributed by atoms with Crippen LogP contribution in [-0.4, -0.2) is 7.05 Å². The van der Waals surface area contributed by atoms with Crippen molar-refractivity contribution in [3.05, 3.63) is 34.6 Å². The molecule has 112 valence electrons. The third kappa shape index (κ3) is 2.53. The van der Waals surface area contributed by atoms with Gasteiger partial charge in [0.25, 0.3) is 0 Å². The average Bonchev–Trinajstić information content (AvgIpc) is 2.48. The van der Waals surface area contributed by atoms with Gasteiger partial charge in [0.15, 0.2) is 23.3 Å². The van der Waals surface area contributed by atoms with E-state index in [0.29, 0.717) is 12.8 Å². The largest absolute Gasteiger partial charge is 0.313 e. The van der Waals surface area contributed by atoms with Crippen LogP contribution in [0.1, 0.15) is 43.7 Å². The molecule has 0 amide bonds. The van der Waals surface area contributed by atoms with Gasteiger partial charge in [-0.05, 0) is 25.8 Å². The Kier molecular flexibility index (Phi) is 4.62. The maximum atomic E-state index is 13.8. The minimum Gasteiger partial charge on any atom is -0.313 e. The summed E-state index contributed by atoms with van der Waals surface area (Å²) < 4.78 is 67.3. The van der Waals surface area contributed by atoms with Gasteiger partial charge >= 0.3 is 0 Å². The zero-order valence-corrected chi connectivity index (χ0v) is 11.1. The van der Waals surface area contributed by atoms with Crippen molar-refractivity contribution in [2.45, 2.75) is 38.1 Å². The van der Waals surface area contributed by atoms with E-state index in [9.17, 15) is 22.0 Å². The maximum absolute atomic E-state index is 13.8. The predicted octanol–water partition coefficient (Wildman–Crippen LogP) is 4.22. The first kappa shape index (κ1) is 15.2. The topological polar surface area (TPSA) is 12.0 Å². The van der Waals surface area contributed by atoms with Crippen molar-refractivity contribution in [3.8, 4) is 0 Å². The summed E-state index contributed by atoms with van der Waals surface area (Å²) >= 11 is 0. The highest BCUT2D eigenvalue weighted by Crippen LogP contribution is 2.37. The molecule has 0 bridgehead atoms. The molecule has 0 aliphatic heterocycles. The van der Waals surface area contributed by atoms with Gasteiger partial charge < -0.3 is 5.32 Å². The van der Waals surface area contributed by atoms with Gasteiger partial charge in [-0.2, -0.15) is 0 Å². The van der Waals surface area contributed by atoms with Crippen molar-refractivity contribution >= 4 is 0 Å². The van der Waals surface area contributed by atoms with Crippen molar-refractivity contribution < 1.29 is 22.0 Å². The average molecular weight is 293 g/mol. The fourth-order valence-electron chi connectivity index (χ4n) is 2.98. The second-order valence-electron chi connectivity index (χ2n) is 5.15. The third-order valence-electron chi connectivity index (χ3n) is 3.99. The number of hydrogen-bond donors (Lipinski definition) is 1. The molecule has 6 heteroatoms. The van der Waals surface area contributed by atoms with Crippen molar-refractivity contribution in [2.75, 3.05) is 7.05 Å². The third-order valence-corrected chi connectivity index (χ3v) is 3.99. The van der Waals surface area contributed by atoms with Gasteiger partial charge in [0.2, 0.25) is 5.82 Å². The standard InChI is InChI=1S/C14H16F5N/c1-20-14(7-5-3-2-4-6-7)8-9(15)11(17)13(19)12(18)10(8)16/h7,14,20H,2-6H2,1H3. The van der Waals surface area contributed by atoms with Gasteiger partial charge in [-0.15, -0.1) is 0 Å². The highest BCUT2D eigenvalue weighted by atomic mass is 19.2. The van der Waals surface area contributed by atoms with Crippen LogP contribution >= 0.6 is 0 Å². The fraction of sp³-hybridized carbons (Fsp3) is 0.571. The van der Waals surface area contributed by atoms with E-state index in [2.05, 4.69) is 5.32 Å². The number of rotatable bonds is 3. The Hall–Kier alpha value is -1.17. The summed E-state index contributed by atoms with van der Waals surface area (Å²) in [7, 11) is 1.47. The molecule has 1 atom stereocenters. The molecule has 1 fully saturated rings. The van der Waals surface area contributed by atoms with Crippen LogP contribution in [-0.2, 0) is 0 Å². The van der Waals surface area contributed by atoms with E-state index in [1.165, 1.54) is 7.05 Å². The molecule has 1 aliphatic carbocycles. The Morgan fingerprint density at radius 2 is 1.25 bits per heavy atom. The molecule has 0 spiro atoms. The van der Waals surface area contributed by atoms with E-state index in [-0.39, 0.29) is 5.92 Å². The molecule has 0 radical (unpaired) electrons. The first-order chi connectivity index (χ1) is 9.49. The number of nitrogens with one attached hydrogen (secondary N) is 1. The molecule has 0 aromatic heterocycles. The van der Waals surface area contributed by atoms with Gasteiger partial charge in [-0.3, -0.25) is 0 Å². The second-order valence-corrected chi connectivity index (χ2v) is 5.15. The fourth-order valence-corrected chi connectivity index (χ4v) is 2.98. The highest BCUT2D eigenvalue weighted by molar-refractivity contribution is 5.27. The summed E-state index contributed by atoms with van der Waals surface area (Å²) in [6, 6.07) is -0.861. The molecule has 0 saturated heterocycles. The lowest BCUT2D eigenvalue weighted by Gasteiger charge is -2.31. The summed E-state index contributed by atoms with van der Waals surface area (Å²) in [4.78, 5) is 0. The normalized spacial score (nSPS) is 18.3. The monoisotopic (exact) mass is 293 g/mol. The van der Waals surface area contributed by atoms with E-state index >= 15 is 0 Å². The molecule has 1 aliphatic rings. The van der Waals surface area contributed by atoms with E-state index in [4.69, 9.17) is 0 Å². The Labute approximate surface area is 114 Å². The van der Waals surface area contributed by atoms with Gasteiger partial charge in [0, 0.05) is 11.6 Å². The summed E-state index contributed by atoms with van der Waals surface area (Å²) in [5.41, 5.74) is -0.740. The van der Waals surface area contributed by atoms with Gasteiger partial charge in [-0.1, -0.05) is 19.3 Å². The van der Waals surface area contributed by atoms with E-state index in [0.717, 1.165) is 19.3 Å². The van der Waals surface area contributed by atoms with E-state index in [1.807, 2.05) is 0 Å². The van der Waals surface area contributed by atoms with E-state index < -0.39 is 40.7 Å². The summed E-state index contributed by atoms with van der Waals surface area (Å²) in [5, 5.41) is 2.71. The van der Waals surface area contributed by atoms with Crippen LogP contribution in [0, 0.1) is 35.0 Å². The molecular weight excluding hydrogens is 277 g/mol. The molecule has 1 nitrogen and oxygen atoms in total. The zero-order valence-electron chi connectivity index (χ0n) is 11.1. The molecule has 1 saturated carbocycles. The van der Waals surface area contributed by atoms with Crippen molar-refractivity contribution in [1.82, 2.24) is 5.32 Å². The molecule has 1 aromatic carbocycles. The van der Waals surface area contributed by atoms with Crippen LogP contribution in [0.25, 0.3) is 0 Å². The van der Waals surface area contributed by atoms with Gasteiger partial charge in [-0.25, -0.2) is 22.0 Å². The van der Waals surface area contributed by atoms with Crippen LogP contribution in [0.15, 0.2) is 0 Å². The Morgan fingerprint density at radius 3 is 1.70 bits per heavy atom. The second kappa shape index (κ2) is 6.08. The summed E-state index contributed by atoms with van der Waals surface area (Å²) in [5.74, 6) is -9.45. The molecule has 1 unspecified atom stereocenters. The molecule has 2 rings (SSSR count). The lowest BCUT2D eigenvalue weighted by atomic mass is 9.81. The number of halogens is 5. The molecular formula is C14H16F5N. The van der Waals surface area contributed by atoms with Gasteiger partial charge in [0.1, 0.15) is 0 Å². The number of benzene rings is 1. The van der Waals surface area contributed by atoms with Crippen LogP contribution in [0.3, 0.4) is 0 Å². The van der Waals surface area contributed by atoms with Crippen LogP contribution in [0.2, 0.25) is 0 Å². The first-order valence-corrected chi connectivity index (χ1v) is 6.67. The van der Waals surface area contributed by atoms with Crippen LogP contribution in [0.5, 0.6) is 0 Å². The van der Waals surface area contributed by atoms with Crippen LogP contribution < -0.4 is 5.32 Å². The minimum atomic E-state index is -2.11. The molecule has 1 aromatic rings. The Morgan fingerprint density at radius 1 is 0.800 bits per heavy atom. The summed E-state index contributed by atoms with van der Waals surface area (Å²) in [6.45, 7) is 0.